The van der Waals surface area contributed by atoms with Gasteiger partial charge in [0.15, 0.2) is 0 Å². The number of halogens is 1. The summed E-state index contributed by atoms with van der Waals surface area (Å²) in [5, 5.41) is 3.35. The lowest BCUT2D eigenvalue weighted by molar-refractivity contribution is 0.454. The van der Waals surface area contributed by atoms with Crippen molar-refractivity contribution in [2.75, 3.05) is 13.1 Å². The summed E-state index contributed by atoms with van der Waals surface area (Å²) in [6.45, 7) is 1.98. The SMILES string of the molecule is O=c1cc(C2CCCNC2)nc2ccc(Br)cn12. The van der Waals surface area contributed by atoms with Gasteiger partial charge in [-0.05, 0) is 47.4 Å². The standard InChI is InChI=1S/C13H14BrN3O/c14-10-3-4-12-16-11(6-13(18)17(12)8-10)9-2-1-5-15-7-9/h3-4,6,8-9,15H,1-2,5,7H2. The maximum Gasteiger partial charge on any atom is 0.258 e. The molecule has 0 amide bonds. The lowest BCUT2D eigenvalue weighted by Crippen LogP contribution is -2.30. The zero-order chi connectivity index (χ0) is 12.5. The van der Waals surface area contributed by atoms with Crippen LogP contribution >= 0.6 is 15.9 Å². The lowest BCUT2D eigenvalue weighted by Gasteiger charge is -2.22. The van der Waals surface area contributed by atoms with E-state index in [1.165, 1.54) is 0 Å². The fraction of sp³-hybridized carbons (Fsp3) is 0.385. The molecule has 1 unspecified atom stereocenters. The Morgan fingerprint density at radius 3 is 3.11 bits per heavy atom. The Morgan fingerprint density at radius 2 is 2.33 bits per heavy atom. The van der Waals surface area contributed by atoms with Crippen LogP contribution in [0.3, 0.4) is 0 Å². The van der Waals surface area contributed by atoms with Gasteiger partial charge in [0.05, 0.1) is 5.69 Å². The molecule has 3 rings (SSSR count). The molecule has 0 spiro atoms. The van der Waals surface area contributed by atoms with Crippen LogP contribution in [0.25, 0.3) is 5.65 Å². The summed E-state index contributed by atoms with van der Waals surface area (Å²) in [5.41, 5.74) is 1.61. The monoisotopic (exact) mass is 307 g/mol. The van der Waals surface area contributed by atoms with Crippen LogP contribution in [-0.2, 0) is 0 Å². The van der Waals surface area contributed by atoms with E-state index in [9.17, 15) is 4.79 Å². The first kappa shape index (κ1) is 11.9. The van der Waals surface area contributed by atoms with Crippen LogP contribution in [0.2, 0.25) is 0 Å². The molecule has 2 aromatic heterocycles. The number of pyridine rings is 1. The van der Waals surface area contributed by atoms with Crippen molar-refractivity contribution in [1.82, 2.24) is 14.7 Å². The third kappa shape index (κ3) is 2.20. The minimum absolute atomic E-state index is 0.0122. The van der Waals surface area contributed by atoms with E-state index in [1.54, 1.807) is 16.7 Å². The summed E-state index contributed by atoms with van der Waals surface area (Å²) in [6, 6.07) is 5.44. The molecule has 0 radical (unpaired) electrons. The summed E-state index contributed by atoms with van der Waals surface area (Å²) in [6.07, 6.45) is 4.01. The van der Waals surface area contributed by atoms with Crippen molar-refractivity contribution in [3.8, 4) is 0 Å². The summed E-state index contributed by atoms with van der Waals surface area (Å²) in [7, 11) is 0. The van der Waals surface area contributed by atoms with Crippen molar-refractivity contribution in [2.45, 2.75) is 18.8 Å². The molecule has 0 aromatic carbocycles. The number of hydrogen-bond donors (Lipinski definition) is 1. The van der Waals surface area contributed by atoms with Gasteiger partial charge in [-0.3, -0.25) is 9.20 Å². The quantitative estimate of drug-likeness (QED) is 0.875. The van der Waals surface area contributed by atoms with Crippen molar-refractivity contribution in [2.24, 2.45) is 0 Å². The molecule has 0 saturated carbocycles. The molecular formula is C13H14BrN3O. The first-order chi connectivity index (χ1) is 8.74. The molecule has 18 heavy (non-hydrogen) atoms. The molecule has 1 aliphatic heterocycles. The minimum Gasteiger partial charge on any atom is -0.316 e. The van der Waals surface area contributed by atoms with Gasteiger partial charge in [-0.2, -0.15) is 0 Å². The Kier molecular flexibility index (Phi) is 3.18. The second-order valence-electron chi connectivity index (χ2n) is 4.64. The number of aromatic nitrogens is 2. The van der Waals surface area contributed by atoms with Crippen molar-refractivity contribution in [1.29, 1.82) is 0 Å². The smallest absolute Gasteiger partial charge is 0.258 e. The van der Waals surface area contributed by atoms with Crippen LogP contribution in [0.1, 0.15) is 24.5 Å². The van der Waals surface area contributed by atoms with Gasteiger partial charge in [0, 0.05) is 29.2 Å². The van der Waals surface area contributed by atoms with Crippen LogP contribution < -0.4 is 10.9 Å². The minimum atomic E-state index is -0.0122. The third-order valence-corrected chi connectivity index (χ3v) is 3.83. The topological polar surface area (TPSA) is 46.4 Å². The number of piperidine rings is 1. The Balaban J connectivity index is 2.09. The Hall–Kier alpha value is -1.20. The fourth-order valence-corrected chi connectivity index (χ4v) is 2.75. The van der Waals surface area contributed by atoms with Gasteiger partial charge in [0.1, 0.15) is 5.65 Å². The van der Waals surface area contributed by atoms with E-state index in [0.29, 0.717) is 11.6 Å². The summed E-state index contributed by atoms with van der Waals surface area (Å²) in [4.78, 5) is 16.7. The predicted octanol–water partition coefficient (Wildman–Crippen LogP) is 1.92. The first-order valence-corrected chi connectivity index (χ1v) is 6.93. The van der Waals surface area contributed by atoms with Gasteiger partial charge in [0.2, 0.25) is 0 Å². The Labute approximate surface area is 113 Å². The maximum atomic E-state index is 12.1. The highest BCUT2D eigenvalue weighted by atomic mass is 79.9. The molecule has 5 heteroatoms. The average Bonchev–Trinajstić information content (AvgIpc) is 2.40. The largest absolute Gasteiger partial charge is 0.316 e. The lowest BCUT2D eigenvalue weighted by atomic mass is 9.96. The van der Waals surface area contributed by atoms with E-state index >= 15 is 0 Å². The van der Waals surface area contributed by atoms with Crippen molar-refractivity contribution < 1.29 is 0 Å². The van der Waals surface area contributed by atoms with E-state index in [0.717, 1.165) is 36.1 Å². The van der Waals surface area contributed by atoms with Gasteiger partial charge in [0.25, 0.3) is 5.56 Å². The maximum absolute atomic E-state index is 12.1. The summed E-state index contributed by atoms with van der Waals surface area (Å²) >= 11 is 3.36. The second-order valence-corrected chi connectivity index (χ2v) is 5.55. The number of rotatable bonds is 1. The van der Waals surface area contributed by atoms with Gasteiger partial charge in [-0.1, -0.05) is 0 Å². The van der Waals surface area contributed by atoms with Gasteiger partial charge in [-0.25, -0.2) is 4.98 Å². The Bertz CT molecular complexity index is 632. The molecule has 1 aliphatic rings. The van der Waals surface area contributed by atoms with E-state index in [2.05, 4.69) is 26.2 Å². The molecular weight excluding hydrogens is 294 g/mol. The van der Waals surface area contributed by atoms with Crippen molar-refractivity contribution in [3.05, 3.63) is 44.9 Å². The average molecular weight is 308 g/mol. The predicted molar refractivity (Wildman–Crippen MR) is 74.0 cm³/mol. The number of nitrogens with one attached hydrogen (secondary N) is 1. The Morgan fingerprint density at radius 1 is 1.44 bits per heavy atom. The molecule has 1 N–H and O–H groups in total. The van der Waals surface area contributed by atoms with Crippen LogP contribution in [-0.4, -0.2) is 22.5 Å². The second kappa shape index (κ2) is 4.82. The normalized spacial score (nSPS) is 20.2. The number of fused-ring (bicyclic) bond motifs is 1. The summed E-state index contributed by atoms with van der Waals surface area (Å²) in [5.74, 6) is 0.361. The molecule has 2 aromatic rings. The van der Waals surface area contributed by atoms with E-state index in [4.69, 9.17) is 0 Å². The van der Waals surface area contributed by atoms with Crippen molar-refractivity contribution >= 4 is 21.6 Å². The molecule has 0 aliphatic carbocycles. The molecule has 4 nitrogen and oxygen atoms in total. The van der Waals surface area contributed by atoms with Crippen LogP contribution in [0, 0.1) is 0 Å². The highest BCUT2D eigenvalue weighted by Crippen LogP contribution is 2.21. The molecule has 1 fully saturated rings. The van der Waals surface area contributed by atoms with E-state index in [-0.39, 0.29) is 5.56 Å². The summed E-state index contributed by atoms with van der Waals surface area (Å²) < 4.78 is 2.45. The number of nitrogens with zero attached hydrogens (tertiary/aromatic N) is 2. The molecule has 3 heterocycles. The zero-order valence-electron chi connectivity index (χ0n) is 9.90. The van der Waals surface area contributed by atoms with Gasteiger partial charge < -0.3 is 5.32 Å². The van der Waals surface area contributed by atoms with E-state index in [1.807, 2.05) is 12.1 Å². The van der Waals surface area contributed by atoms with E-state index < -0.39 is 0 Å². The van der Waals surface area contributed by atoms with Crippen LogP contribution in [0.15, 0.2) is 33.7 Å². The molecule has 1 atom stereocenters. The van der Waals surface area contributed by atoms with Gasteiger partial charge >= 0.3 is 0 Å². The van der Waals surface area contributed by atoms with Crippen molar-refractivity contribution in [3.63, 3.8) is 0 Å². The third-order valence-electron chi connectivity index (χ3n) is 3.36. The molecule has 0 bridgehead atoms. The van der Waals surface area contributed by atoms with Crippen LogP contribution in [0.4, 0.5) is 0 Å². The molecule has 1 saturated heterocycles. The highest BCUT2D eigenvalue weighted by molar-refractivity contribution is 9.10. The fourth-order valence-electron chi connectivity index (χ4n) is 2.41. The number of hydrogen-bond acceptors (Lipinski definition) is 3. The van der Waals surface area contributed by atoms with Gasteiger partial charge in [-0.15, -0.1) is 0 Å². The van der Waals surface area contributed by atoms with Crippen LogP contribution in [0.5, 0.6) is 0 Å². The highest BCUT2D eigenvalue weighted by Gasteiger charge is 2.17. The molecule has 94 valence electrons. The first-order valence-electron chi connectivity index (χ1n) is 6.13. The zero-order valence-corrected chi connectivity index (χ0v) is 11.5.